The Labute approximate surface area is 154 Å². The number of hydrogen-bond donors (Lipinski definition) is 1. The molecule has 1 atom stereocenters. The average Bonchev–Trinajstić information content (AvgIpc) is 2.64. The number of anilines is 1. The highest BCUT2D eigenvalue weighted by molar-refractivity contribution is 6.04. The molecule has 2 heterocycles. The van der Waals surface area contributed by atoms with Gasteiger partial charge in [-0.25, -0.2) is 4.98 Å². The average molecular weight is 351 g/mol. The quantitative estimate of drug-likeness (QED) is 0.914. The summed E-state index contributed by atoms with van der Waals surface area (Å²) >= 11 is 0. The predicted molar refractivity (Wildman–Crippen MR) is 102 cm³/mol. The predicted octanol–water partition coefficient (Wildman–Crippen LogP) is 3.82. The summed E-state index contributed by atoms with van der Waals surface area (Å²) in [6, 6.07) is 10.9. The minimum Gasteiger partial charge on any atom is -0.337 e. The summed E-state index contributed by atoms with van der Waals surface area (Å²) in [6.07, 6.45) is 2.16. The standard InChI is InChI=1S/C21H25N3O2/c1-14-9-10-16(3)19(12-14)23-20(25)17-7-4-8-18(22-17)21(26)24-11-5-6-15(2)13-24/h4,7-10,12,15H,5-6,11,13H2,1-3H3,(H,23,25). The number of aromatic nitrogens is 1. The summed E-state index contributed by atoms with van der Waals surface area (Å²) in [6.45, 7) is 7.58. The zero-order valence-corrected chi connectivity index (χ0v) is 15.6. The van der Waals surface area contributed by atoms with Gasteiger partial charge in [-0.15, -0.1) is 0 Å². The van der Waals surface area contributed by atoms with Gasteiger partial charge < -0.3 is 10.2 Å². The Morgan fingerprint density at radius 1 is 1.15 bits per heavy atom. The van der Waals surface area contributed by atoms with Gasteiger partial charge >= 0.3 is 0 Å². The maximum Gasteiger partial charge on any atom is 0.274 e. The molecule has 136 valence electrons. The molecule has 0 saturated carbocycles. The molecule has 2 aromatic rings. The van der Waals surface area contributed by atoms with Crippen LogP contribution in [0.25, 0.3) is 0 Å². The van der Waals surface area contributed by atoms with E-state index in [2.05, 4.69) is 17.2 Å². The fourth-order valence-electron chi connectivity index (χ4n) is 3.27. The summed E-state index contributed by atoms with van der Waals surface area (Å²) in [5.41, 5.74) is 3.40. The van der Waals surface area contributed by atoms with E-state index in [1.165, 1.54) is 0 Å². The lowest BCUT2D eigenvalue weighted by molar-refractivity contribution is 0.0677. The minimum atomic E-state index is -0.305. The fourth-order valence-corrected chi connectivity index (χ4v) is 3.27. The first-order chi connectivity index (χ1) is 12.4. The van der Waals surface area contributed by atoms with Gasteiger partial charge in [-0.1, -0.05) is 25.1 Å². The highest BCUT2D eigenvalue weighted by Crippen LogP contribution is 2.19. The minimum absolute atomic E-state index is 0.0991. The summed E-state index contributed by atoms with van der Waals surface area (Å²) in [5, 5.41) is 2.89. The Morgan fingerprint density at radius 3 is 2.69 bits per heavy atom. The lowest BCUT2D eigenvalue weighted by Gasteiger charge is -2.30. The summed E-state index contributed by atoms with van der Waals surface area (Å²) in [5.74, 6) is 0.0989. The van der Waals surface area contributed by atoms with Crippen LogP contribution in [0, 0.1) is 19.8 Å². The van der Waals surface area contributed by atoms with Crippen molar-refractivity contribution in [2.45, 2.75) is 33.6 Å². The molecule has 1 aliphatic rings. The second-order valence-electron chi connectivity index (χ2n) is 7.18. The van der Waals surface area contributed by atoms with Crippen molar-refractivity contribution in [2.24, 2.45) is 5.92 Å². The molecule has 1 aliphatic heterocycles. The third-order valence-corrected chi connectivity index (χ3v) is 4.79. The van der Waals surface area contributed by atoms with Crippen molar-refractivity contribution in [3.05, 3.63) is 58.9 Å². The summed E-state index contributed by atoms with van der Waals surface area (Å²) in [4.78, 5) is 31.4. The van der Waals surface area contributed by atoms with E-state index in [1.807, 2.05) is 36.9 Å². The number of nitrogens with one attached hydrogen (secondary N) is 1. The molecular weight excluding hydrogens is 326 g/mol. The molecular formula is C21H25N3O2. The number of amides is 2. The third-order valence-electron chi connectivity index (χ3n) is 4.79. The van der Waals surface area contributed by atoms with Gasteiger partial charge in [0.15, 0.2) is 0 Å². The second kappa shape index (κ2) is 7.68. The number of rotatable bonds is 3. The number of pyridine rings is 1. The van der Waals surface area contributed by atoms with Crippen LogP contribution in [-0.4, -0.2) is 34.8 Å². The molecule has 0 bridgehead atoms. The second-order valence-corrected chi connectivity index (χ2v) is 7.18. The SMILES string of the molecule is Cc1ccc(C)c(NC(=O)c2cccc(C(=O)N3CCCC(C)C3)n2)c1. The van der Waals surface area contributed by atoms with Gasteiger partial charge in [0.1, 0.15) is 11.4 Å². The van der Waals surface area contributed by atoms with Gasteiger partial charge in [-0.3, -0.25) is 9.59 Å². The smallest absolute Gasteiger partial charge is 0.274 e. The Bertz CT molecular complexity index is 832. The van der Waals surface area contributed by atoms with E-state index in [1.54, 1.807) is 18.2 Å². The van der Waals surface area contributed by atoms with Crippen LogP contribution in [-0.2, 0) is 0 Å². The Morgan fingerprint density at radius 2 is 1.92 bits per heavy atom. The Kier molecular flexibility index (Phi) is 5.35. The van der Waals surface area contributed by atoms with E-state index >= 15 is 0 Å². The first kappa shape index (κ1) is 18.1. The largest absolute Gasteiger partial charge is 0.337 e. The molecule has 1 fully saturated rings. The van der Waals surface area contributed by atoms with Gasteiger partial charge in [0.05, 0.1) is 0 Å². The van der Waals surface area contributed by atoms with Gasteiger partial charge in [-0.05, 0) is 61.9 Å². The first-order valence-electron chi connectivity index (χ1n) is 9.09. The fraction of sp³-hybridized carbons (Fsp3) is 0.381. The van der Waals surface area contributed by atoms with Crippen LogP contribution in [0.5, 0.6) is 0 Å². The van der Waals surface area contributed by atoms with Crippen molar-refractivity contribution in [1.82, 2.24) is 9.88 Å². The molecule has 3 rings (SSSR count). The van der Waals surface area contributed by atoms with E-state index in [0.29, 0.717) is 11.6 Å². The van der Waals surface area contributed by atoms with Gasteiger partial charge in [0.25, 0.3) is 11.8 Å². The topological polar surface area (TPSA) is 62.3 Å². The number of nitrogens with zero attached hydrogens (tertiary/aromatic N) is 2. The highest BCUT2D eigenvalue weighted by Gasteiger charge is 2.23. The van der Waals surface area contributed by atoms with E-state index in [4.69, 9.17) is 0 Å². The molecule has 1 N–H and O–H groups in total. The van der Waals surface area contributed by atoms with Crippen molar-refractivity contribution in [3.8, 4) is 0 Å². The van der Waals surface area contributed by atoms with Crippen molar-refractivity contribution < 1.29 is 9.59 Å². The van der Waals surface area contributed by atoms with Crippen LogP contribution >= 0.6 is 0 Å². The first-order valence-corrected chi connectivity index (χ1v) is 9.09. The van der Waals surface area contributed by atoms with Crippen LogP contribution in [0.15, 0.2) is 36.4 Å². The third kappa shape index (κ3) is 4.10. The van der Waals surface area contributed by atoms with Crippen molar-refractivity contribution in [2.75, 3.05) is 18.4 Å². The normalized spacial score (nSPS) is 17.0. The van der Waals surface area contributed by atoms with E-state index in [9.17, 15) is 9.59 Å². The van der Waals surface area contributed by atoms with Crippen molar-refractivity contribution >= 4 is 17.5 Å². The summed E-state index contributed by atoms with van der Waals surface area (Å²) in [7, 11) is 0. The summed E-state index contributed by atoms with van der Waals surface area (Å²) < 4.78 is 0. The Balaban J connectivity index is 1.77. The van der Waals surface area contributed by atoms with Crippen LogP contribution in [0.3, 0.4) is 0 Å². The molecule has 2 amide bonds. The number of hydrogen-bond acceptors (Lipinski definition) is 3. The van der Waals surface area contributed by atoms with E-state index < -0.39 is 0 Å². The van der Waals surface area contributed by atoms with Crippen LogP contribution in [0.4, 0.5) is 5.69 Å². The lowest BCUT2D eigenvalue weighted by Crippen LogP contribution is -2.39. The van der Waals surface area contributed by atoms with Crippen LogP contribution < -0.4 is 5.32 Å². The van der Waals surface area contributed by atoms with E-state index in [0.717, 1.165) is 42.7 Å². The van der Waals surface area contributed by atoms with Gasteiger partial charge in [0.2, 0.25) is 0 Å². The zero-order valence-electron chi connectivity index (χ0n) is 15.6. The molecule has 26 heavy (non-hydrogen) atoms. The maximum absolute atomic E-state index is 12.7. The number of aryl methyl sites for hydroxylation is 2. The van der Waals surface area contributed by atoms with Crippen molar-refractivity contribution in [3.63, 3.8) is 0 Å². The van der Waals surface area contributed by atoms with Crippen LogP contribution in [0.1, 0.15) is 51.9 Å². The lowest BCUT2D eigenvalue weighted by atomic mass is 10.00. The van der Waals surface area contributed by atoms with Crippen molar-refractivity contribution in [1.29, 1.82) is 0 Å². The molecule has 0 spiro atoms. The molecule has 1 aromatic heterocycles. The monoisotopic (exact) mass is 351 g/mol. The van der Waals surface area contributed by atoms with Gasteiger partial charge in [-0.2, -0.15) is 0 Å². The molecule has 5 nitrogen and oxygen atoms in total. The maximum atomic E-state index is 12.7. The number of benzene rings is 1. The molecule has 0 aliphatic carbocycles. The molecule has 5 heteroatoms. The number of piperidine rings is 1. The molecule has 0 radical (unpaired) electrons. The zero-order chi connectivity index (χ0) is 18.7. The van der Waals surface area contributed by atoms with Gasteiger partial charge in [0, 0.05) is 18.8 Å². The van der Waals surface area contributed by atoms with E-state index in [-0.39, 0.29) is 17.5 Å². The van der Waals surface area contributed by atoms with Crippen LogP contribution in [0.2, 0.25) is 0 Å². The molecule has 1 unspecified atom stereocenters. The molecule has 1 aromatic carbocycles. The number of carbonyl (C=O) groups excluding carboxylic acids is 2. The molecule has 1 saturated heterocycles. The Hall–Kier alpha value is -2.69. The number of carbonyl (C=O) groups is 2. The highest BCUT2D eigenvalue weighted by atomic mass is 16.2. The number of likely N-dealkylation sites (tertiary alicyclic amines) is 1.